The lowest BCUT2D eigenvalue weighted by atomic mass is 10.1. The number of carbonyl (C=O) groups is 2. The van der Waals surface area contributed by atoms with E-state index in [1.807, 2.05) is 13.8 Å². The number of nitrogens with zero attached hydrogens (tertiary/aromatic N) is 2. The van der Waals surface area contributed by atoms with Gasteiger partial charge in [0.1, 0.15) is 25.8 Å². The molecule has 37 heavy (non-hydrogen) atoms. The Balaban J connectivity index is 1.99. The maximum Gasteiger partial charge on any atom is 0.244 e. The molecule has 2 aromatic rings. The van der Waals surface area contributed by atoms with E-state index in [0.717, 1.165) is 4.31 Å². The number of rotatable bonds is 11. The molecule has 3 rings (SSSR count). The first-order chi connectivity index (χ1) is 17.6. The van der Waals surface area contributed by atoms with Crippen LogP contribution in [0.15, 0.2) is 42.5 Å². The molecule has 0 aliphatic carbocycles. The van der Waals surface area contributed by atoms with Crippen LogP contribution in [0, 0.1) is 0 Å². The Hall–Kier alpha value is -2.98. The van der Waals surface area contributed by atoms with Crippen LogP contribution in [-0.4, -0.2) is 62.7 Å². The molecule has 2 aromatic carbocycles. The van der Waals surface area contributed by atoms with Crippen molar-refractivity contribution < 1.29 is 27.5 Å². The fraction of sp³-hybridized carbons (Fsp3) is 0.462. The monoisotopic (exact) mass is 551 g/mol. The van der Waals surface area contributed by atoms with Crippen LogP contribution < -0.4 is 19.1 Å². The van der Waals surface area contributed by atoms with Crippen molar-refractivity contribution in [3.05, 3.63) is 53.1 Å². The highest BCUT2D eigenvalue weighted by Crippen LogP contribution is 2.35. The molecule has 0 fully saturated rings. The summed E-state index contributed by atoms with van der Waals surface area (Å²) in [4.78, 5) is 28.3. The third kappa shape index (κ3) is 7.07. The quantitative estimate of drug-likeness (QED) is 0.457. The lowest BCUT2D eigenvalue weighted by Gasteiger charge is -2.33. The largest absolute Gasteiger partial charge is 0.486 e. The molecule has 1 aliphatic rings. The molecular weight excluding hydrogens is 518 g/mol. The molecule has 1 unspecified atom stereocenters. The number of ether oxygens (including phenoxy) is 2. The van der Waals surface area contributed by atoms with Gasteiger partial charge in [-0.25, -0.2) is 8.42 Å². The van der Waals surface area contributed by atoms with Gasteiger partial charge in [-0.1, -0.05) is 36.7 Å². The van der Waals surface area contributed by atoms with Crippen molar-refractivity contribution in [1.29, 1.82) is 0 Å². The highest BCUT2D eigenvalue weighted by Gasteiger charge is 2.33. The SMILES string of the molecule is CCC(C(=O)NC(C)C)N(Cc1ccccc1Cl)C(=O)CN(c1ccc2c(c1)OCCO2)S(=O)(=O)CC. The molecule has 1 aliphatic heterocycles. The Kier molecular flexibility index (Phi) is 9.67. The van der Waals surface area contributed by atoms with Crippen LogP contribution >= 0.6 is 11.6 Å². The van der Waals surface area contributed by atoms with Gasteiger partial charge in [0, 0.05) is 23.7 Å². The predicted octanol–water partition coefficient (Wildman–Crippen LogP) is 3.60. The molecule has 9 nitrogen and oxygen atoms in total. The summed E-state index contributed by atoms with van der Waals surface area (Å²) in [6, 6.07) is 10.9. The number of benzene rings is 2. The summed E-state index contributed by atoms with van der Waals surface area (Å²) in [5, 5.41) is 3.31. The zero-order chi connectivity index (χ0) is 27.2. The number of hydrogen-bond donors (Lipinski definition) is 1. The van der Waals surface area contributed by atoms with Gasteiger partial charge in [0.15, 0.2) is 11.5 Å². The van der Waals surface area contributed by atoms with E-state index in [1.54, 1.807) is 49.4 Å². The molecule has 1 heterocycles. The summed E-state index contributed by atoms with van der Waals surface area (Å²) >= 11 is 6.38. The van der Waals surface area contributed by atoms with Crippen molar-refractivity contribution in [1.82, 2.24) is 10.2 Å². The topological polar surface area (TPSA) is 105 Å². The number of amides is 2. The third-order valence-electron chi connectivity index (χ3n) is 5.91. The van der Waals surface area contributed by atoms with Crippen molar-refractivity contribution in [3.63, 3.8) is 0 Å². The number of nitrogens with one attached hydrogen (secondary N) is 1. The van der Waals surface area contributed by atoms with Gasteiger partial charge in [0.05, 0.1) is 11.4 Å². The Labute approximate surface area is 223 Å². The smallest absolute Gasteiger partial charge is 0.244 e. The number of anilines is 1. The average molecular weight is 552 g/mol. The summed E-state index contributed by atoms with van der Waals surface area (Å²) < 4.78 is 38.5. The molecule has 0 saturated heterocycles. The highest BCUT2D eigenvalue weighted by atomic mass is 35.5. The maximum atomic E-state index is 13.8. The summed E-state index contributed by atoms with van der Waals surface area (Å²) in [5.41, 5.74) is 0.925. The van der Waals surface area contributed by atoms with Crippen LogP contribution in [0.1, 0.15) is 39.7 Å². The van der Waals surface area contributed by atoms with E-state index in [1.165, 1.54) is 11.8 Å². The van der Waals surface area contributed by atoms with Gasteiger partial charge in [-0.15, -0.1) is 0 Å². The van der Waals surface area contributed by atoms with E-state index < -0.39 is 28.5 Å². The van der Waals surface area contributed by atoms with Crippen molar-refractivity contribution in [2.45, 2.75) is 52.7 Å². The molecule has 0 radical (unpaired) electrons. The molecule has 2 amide bonds. The summed E-state index contributed by atoms with van der Waals surface area (Å²) in [5.74, 6) is -0.153. The maximum absolute atomic E-state index is 13.8. The normalized spacial score (nSPS) is 13.7. The van der Waals surface area contributed by atoms with Crippen molar-refractivity contribution >= 4 is 39.1 Å². The molecule has 0 spiro atoms. The first-order valence-corrected chi connectivity index (χ1v) is 14.3. The first kappa shape index (κ1) is 28.6. The minimum Gasteiger partial charge on any atom is -0.486 e. The fourth-order valence-electron chi connectivity index (χ4n) is 4.02. The number of carbonyl (C=O) groups excluding carboxylic acids is 2. The molecule has 202 valence electrons. The van der Waals surface area contributed by atoms with Gasteiger partial charge in [-0.05, 0) is 51.0 Å². The second-order valence-electron chi connectivity index (χ2n) is 8.94. The Bertz CT molecular complexity index is 1220. The van der Waals surface area contributed by atoms with Gasteiger partial charge in [-0.3, -0.25) is 13.9 Å². The zero-order valence-electron chi connectivity index (χ0n) is 21.6. The van der Waals surface area contributed by atoms with Gasteiger partial charge >= 0.3 is 0 Å². The molecular formula is C26H34ClN3O6S. The van der Waals surface area contributed by atoms with E-state index in [2.05, 4.69) is 5.32 Å². The molecule has 1 N–H and O–H groups in total. The molecule has 11 heteroatoms. The lowest BCUT2D eigenvalue weighted by Crippen LogP contribution is -2.53. The summed E-state index contributed by atoms with van der Waals surface area (Å²) in [7, 11) is -3.86. The third-order valence-corrected chi connectivity index (χ3v) is 8.02. The Morgan fingerprint density at radius 3 is 2.35 bits per heavy atom. The molecule has 0 bridgehead atoms. The first-order valence-electron chi connectivity index (χ1n) is 12.3. The predicted molar refractivity (Wildman–Crippen MR) is 144 cm³/mol. The van der Waals surface area contributed by atoms with E-state index in [4.69, 9.17) is 21.1 Å². The van der Waals surface area contributed by atoms with Crippen molar-refractivity contribution in [2.75, 3.05) is 29.8 Å². The van der Waals surface area contributed by atoms with Gasteiger partial charge in [0.25, 0.3) is 0 Å². The van der Waals surface area contributed by atoms with Gasteiger partial charge < -0.3 is 19.7 Å². The number of hydrogen-bond acceptors (Lipinski definition) is 6. The minimum absolute atomic E-state index is 0.0453. The average Bonchev–Trinajstić information content (AvgIpc) is 2.87. The van der Waals surface area contributed by atoms with E-state index in [-0.39, 0.29) is 29.9 Å². The van der Waals surface area contributed by atoms with Crippen LogP contribution in [0.2, 0.25) is 5.02 Å². The van der Waals surface area contributed by atoms with E-state index in [0.29, 0.717) is 41.7 Å². The van der Waals surface area contributed by atoms with Crippen LogP contribution in [-0.2, 0) is 26.2 Å². The van der Waals surface area contributed by atoms with E-state index in [9.17, 15) is 18.0 Å². The zero-order valence-corrected chi connectivity index (χ0v) is 23.1. The minimum atomic E-state index is -3.86. The second kappa shape index (κ2) is 12.5. The Morgan fingerprint density at radius 2 is 1.73 bits per heavy atom. The molecule has 0 aromatic heterocycles. The summed E-state index contributed by atoms with van der Waals surface area (Å²) in [6.45, 7) is 7.27. The number of halogens is 1. The summed E-state index contributed by atoms with van der Waals surface area (Å²) in [6.07, 6.45) is 0.333. The standard InChI is InChI=1S/C26H34ClN3O6S/c1-5-22(26(32)28-18(3)4)29(16-19-9-7-8-10-21(19)27)25(31)17-30(37(33,34)6-2)20-11-12-23-24(15-20)36-14-13-35-23/h7-12,15,18,22H,5-6,13-14,16-17H2,1-4H3,(H,28,32). The van der Waals surface area contributed by atoms with Gasteiger partial charge in [0.2, 0.25) is 21.8 Å². The molecule has 1 atom stereocenters. The van der Waals surface area contributed by atoms with Crippen molar-refractivity contribution in [2.24, 2.45) is 0 Å². The van der Waals surface area contributed by atoms with Crippen LogP contribution in [0.3, 0.4) is 0 Å². The number of sulfonamides is 1. The van der Waals surface area contributed by atoms with Crippen molar-refractivity contribution in [3.8, 4) is 11.5 Å². The van der Waals surface area contributed by atoms with Crippen LogP contribution in [0.25, 0.3) is 0 Å². The molecule has 0 saturated carbocycles. The number of fused-ring (bicyclic) bond motifs is 1. The van der Waals surface area contributed by atoms with Crippen LogP contribution in [0.4, 0.5) is 5.69 Å². The Morgan fingerprint density at radius 1 is 1.05 bits per heavy atom. The van der Waals surface area contributed by atoms with E-state index >= 15 is 0 Å². The van der Waals surface area contributed by atoms with Crippen LogP contribution in [0.5, 0.6) is 11.5 Å². The van der Waals surface area contributed by atoms with Gasteiger partial charge in [-0.2, -0.15) is 0 Å². The highest BCUT2D eigenvalue weighted by molar-refractivity contribution is 7.92. The lowest BCUT2D eigenvalue weighted by molar-refractivity contribution is -0.140. The fourth-order valence-corrected chi connectivity index (χ4v) is 5.27. The second-order valence-corrected chi connectivity index (χ2v) is 11.5.